The number of hydrogen-bond acceptors (Lipinski definition) is 3. The van der Waals surface area contributed by atoms with Crippen LogP contribution in [0, 0.1) is 17.4 Å². The summed E-state index contributed by atoms with van der Waals surface area (Å²) in [6, 6.07) is 2.03. The zero-order valence-corrected chi connectivity index (χ0v) is 12.7. The monoisotopic (exact) mass is 355 g/mol. The van der Waals surface area contributed by atoms with E-state index in [1.54, 1.807) is 6.20 Å². The highest BCUT2D eigenvalue weighted by Crippen LogP contribution is 2.18. The highest BCUT2D eigenvalue weighted by Gasteiger charge is 2.11. The third-order valence-electron chi connectivity index (χ3n) is 2.71. The van der Waals surface area contributed by atoms with E-state index in [2.05, 4.69) is 15.0 Å². The van der Waals surface area contributed by atoms with Gasteiger partial charge >= 0.3 is 0 Å². The molecular weight excluding hydrogens is 341 g/mol. The third-order valence-corrected chi connectivity index (χ3v) is 3.82. The Kier molecular flexibility index (Phi) is 3.79. The molecule has 0 bridgehead atoms. The average Bonchev–Trinajstić information content (AvgIpc) is 2.32. The van der Waals surface area contributed by atoms with Gasteiger partial charge in [-0.15, -0.1) is 0 Å². The topological polar surface area (TPSA) is 58.6 Å². The van der Waals surface area contributed by atoms with Gasteiger partial charge in [-0.25, -0.2) is 4.98 Å². The highest BCUT2D eigenvalue weighted by atomic mass is 127. The van der Waals surface area contributed by atoms with Crippen molar-refractivity contribution in [2.45, 2.75) is 27.2 Å². The number of aromatic nitrogens is 3. The van der Waals surface area contributed by atoms with E-state index >= 15 is 0 Å². The van der Waals surface area contributed by atoms with Crippen molar-refractivity contribution in [2.75, 3.05) is 0 Å². The van der Waals surface area contributed by atoms with Gasteiger partial charge in [-0.2, -0.15) is 0 Å². The SMILES string of the molecule is CCc1nc(-c2ncc(C)cc2C)[nH]c(=O)c1I. The van der Waals surface area contributed by atoms with E-state index in [9.17, 15) is 4.79 Å². The van der Waals surface area contributed by atoms with Crippen LogP contribution in [0.4, 0.5) is 0 Å². The summed E-state index contributed by atoms with van der Waals surface area (Å²) in [5.74, 6) is 0.551. The molecule has 0 fully saturated rings. The number of aryl methyl sites for hydroxylation is 3. The summed E-state index contributed by atoms with van der Waals surface area (Å²) in [5, 5.41) is 0. The second-order valence-electron chi connectivity index (χ2n) is 4.21. The molecular formula is C13H14IN3O. The van der Waals surface area contributed by atoms with Crippen LogP contribution >= 0.6 is 22.6 Å². The van der Waals surface area contributed by atoms with Gasteiger partial charge in [-0.05, 0) is 54.0 Å². The van der Waals surface area contributed by atoms with Crippen LogP contribution in [0.5, 0.6) is 0 Å². The maximum absolute atomic E-state index is 11.8. The summed E-state index contributed by atoms with van der Waals surface area (Å²) in [6.45, 7) is 5.95. The number of hydrogen-bond donors (Lipinski definition) is 1. The molecule has 0 radical (unpaired) electrons. The van der Waals surface area contributed by atoms with E-state index in [-0.39, 0.29) is 5.56 Å². The van der Waals surface area contributed by atoms with E-state index in [0.717, 1.165) is 28.9 Å². The van der Waals surface area contributed by atoms with Crippen molar-refractivity contribution in [1.82, 2.24) is 15.0 Å². The Bertz CT molecular complexity index is 649. The fraction of sp³-hybridized carbons (Fsp3) is 0.308. The van der Waals surface area contributed by atoms with Crippen LogP contribution in [-0.4, -0.2) is 15.0 Å². The zero-order valence-electron chi connectivity index (χ0n) is 10.5. The predicted molar refractivity (Wildman–Crippen MR) is 79.7 cm³/mol. The van der Waals surface area contributed by atoms with Gasteiger partial charge in [-0.3, -0.25) is 9.78 Å². The van der Waals surface area contributed by atoms with Crippen molar-refractivity contribution >= 4 is 22.6 Å². The molecule has 2 heterocycles. The molecule has 0 saturated carbocycles. The summed E-state index contributed by atoms with van der Waals surface area (Å²) < 4.78 is 0.656. The number of rotatable bonds is 2. The fourth-order valence-electron chi connectivity index (χ4n) is 1.82. The Morgan fingerprint density at radius 1 is 1.39 bits per heavy atom. The molecule has 2 aromatic rings. The van der Waals surface area contributed by atoms with Crippen LogP contribution in [0.15, 0.2) is 17.1 Å². The van der Waals surface area contributed by atoms with Gasteiger partial charge in [0.2, 0.25) is 0 Å². The molecule has 0 amide bonds. The lowest BCUT2D eigenvalue weighted by atomic mass is 10.1. The second kappa shape index (κ2) is 5.17. The lowest BCUT2D eigenvalue weighted by Gasteiger charge is -2.07. The molecule has 0 unspecified atom stereocenters. The lowest BCUT2D eigenvalue weighted by Crippen LogP contribution is -2.16. The summed E-state index contributed by atoms with van der Waals surface area (Å²) in [4.78, 5) is 23.5. The molecule has 1 N–H and O–H groups in total. The van der Waals surface area contributed by atoms with Crippen LogP contribution in [0.3, 0.4) is 0 Å². The molecule has 0 aliphatic rings. The maximum atomic E-state index is 11.8. The lowest BCUT2D eigenvalue weighted by molar-refractivity contribution is 0.959. The fourth-order valence-corrected chi connectivity index (χ4v) is 2.45. The zero-order chi connectivity index (χ0) is 13.3. The van der Waals surface area contributed by atoms with Gasteiger partial charge in [0.05, 0.1) is 9.26 Å². The largest absolute Gasteiger partial charge is 0.304 e. The predicted octanol–water partition coefficient (Wildman–Crippen LogP) is 2.62. The summed E-state index contributed by atoms with van der Waals surface area (Å²) in [6.07, 6.45) is 2.52. The number of H-pyrrole nitrogens is 1. The molecule has 0 aliphatic carbocycles. The van der Waals surface area contributed by atoms with E-state index in [1.165, 1.54) is 0 Å². The normalized spacial score (nSPS) is 10.7. The molecule has 0 aliphatic heterocycles. The van der Waals surface area contributed by atoms with E-state index in [4.69, 9.17) is 0 Å². The van der Waals surface area contributed by atoms with Crippen LogP contribution < -0.4 is 5.56 Å². The minimum Gasteiger partial charge on any atom is -0.304 e. The molecule has 4 nitrogen and oxygen atoms in total. The molecule has 2 rings (SSSR count). The van der Waals surface area contributed by atoms with E-state index in [1.807, 2.05) is 49.4 Å². The van der Waals surface area contributed by atoms with Gasteiger partial charge < -0.3 is 4.98 Å². The van der Waals surface area contributed by atoms with E-state index < -0.39 is 0 Å². The van der Waals surface area contributed by atoms with Gasteiger partial charge in [0.15, 0.2) is 5.82 Å². The number of nitrogens with one attached hydrogen (secondary N) is 1. The Hall–Kier alpha value is -1.24. The Morgan fingerprint density at radius 3 is 2.72 bits per heavy atom. The maximum Gasteiger partial charge on any atom is 0.264 e. The molecule has 0 saturated heterocycles. The quantitative estimate of drug-likeness (QED) is 0.843. The van der Waals surface area contributed by atoms with Crippen molar-refractivity contribution in [1.29, 1.82) is 0 Å². The molecule has 2 aromatic heterocycles. The van der Waals surface area contributed by atoms with Gasteiger partial charge in [0, 0.05) is 6.20 Å². The Balaban J connectivity index is 2.64. The second-order valence-corrected chi connectivity index (χ2v) is 5.29. The minimum absolute atomic E-state index is 0.0979. The van der Waals surface area contributed by atoms with Crippen LogP contribution in [0.25, 0.3) is 11.5 Å². The van der Waals surface area contributed by atoms with Crippen molar-refractivity contribution < 1.29 is 0 Å². The first-order chi connectivity index (χ1) is 8.52. The van der Waals surface area contributed by atoms with Crippen LogP contribution in [0.2, 0.25) is 0 Å². The Morgan fingerprint density at radius 2 is 2.11 bits per heavy atom. The van der Waals surface area contributed by atoms with Crippen LogP contribution in [-0.2, 0) is 6.42 Å². The van der Waals surface area contributed by atoms with Crippen molar-refractivity contribution in [3.63, 3.8) is 0 Å². The van der Waals surface area contributed by atoms with Crippen molar-refractivity contribution in [2.24, 2.45) is 0 Å². The molecule has 0 spiro atoms. The standard InChI is InChI=1S/C13H14IN3O/c1-4-9-10(14)13(18)17-12(16-9)11-8(3)5-7(2)6-15-11/h5-6H,4H2,1-3H3,(H,16,17,18). The first-order valence-electron chi connectivity index (χ1n) is 5.75. The number of halogens is 1. The number of nitrogens with zero attached hydrogens (tertiary/aromatic N) is 2. The summed E-state index contributed by atoms with van der Waals surface area (Å²) in [7, 11) is 0. The number of aromatic amines is 1. The molecule has 0 atom stereocenters. The van der Waals surface area contributed by atoms with Gasteiger partial charge in [-0.1, -0.05) is 13.0 Å². The van der Waals surface area contributed by atoms with Gasteiger partial charge in [0.25, 0.3) is 5.56 Å². The van der Waals surface area contributed by atoms with Crippen LogP contribution in [0.1, 0.15) is 23.7 Å². The smallest absolute Gasteiger partial charge is 0.264 e. The van der Waals surface area contributed by atoms with Gasteiger partial charge in [0.1, 0.15) is 5.69 Å². The summed E-state index contributed by atoms with van der Waals surface area (Å²) in [5.41, 5.74) is 3.57. The van der Waals surface area contributed by atoms with E-state index in [0.29, 0.717) is 9.39 Å². The molecule has 0 aromatic carbocycles. The summed E-state index contributed by atoms with van der Waals surface area (Å²) >= 11 is 2.03. The Labute approximate surface area is 119 Å². The number of pyridine rings is 1. The first-order valence-corrected chi connectivity index (χ1v) is 6.83. The first kappa shape index (κ1) is 13.2. The van der Waals surface area contributed by atoms with Crippen molar-refractivity contribution in [3.8, 4) is 11.5 Å². The minimum atomic E-state index is -0.0979. The molecule has 18 heavy (non-hydrogen) atoms. The molecule has 5 heteroatoms. The van der Waals surface area contributed by atoms with Crippen molar-refractivity contribution in [3.05, 3.63) is 43.0 Å². The molecule has 94 valence electrons. The highest BCUT2D eigenvalue weighted by molar-refractivity contribution is 14.1. The average molecular weight is 355 g/mol. The third kappa shape index (κ3) is 2.45.